The Morgan fingerprint density at radius 1 is 0.967 bits per heavy atom. The first kappa shape index (κ1) is 20.9. The lowest BCUT2D eigenvalue weighted by molar-refractivity contribution is -0.137. The molecule has 3 N–H and O–H groups in total. The van der Waals surface area contributed by atoms with Gasteiger partial charge in [-0.1, -0.05) is 17.3 Å². The fraction of sp³-hybridized carbons (Fsp3) is 0.150. The van der Waals surface area contributed by atoms with Crippen LogP contribution in [-0.2, 0) is 6.18 Å². The highest BCUT2D eigenvalue weighted by atomic mass is 19.4. The molecule has 0 spiro atoms. The molecule has 0 fully saturated rings. The Labute approximate surface area is 169 Å². The minimum atomic E-state index is -4.51. The first-order valence-electron chi connectivity index (χ1n) is 8.72. The van der Waals surface area contributed by atoms with Gasteiger partial charge in [-0.2, -0.15) is 13.2 Å². The standard InChI is InChI=1S/C20H17F3N4O3/c1-11-6-7-15(9-17(11)27-18(28)16-10-24-30-12(16)2)26-19(29)25-14-5-3-4-13(8-14)20(21,22)23/h3-10H,1-2H3,(H,27,28)(H2,25,26,29). The molecule has 0 aliphatic heterocycles. The van der Waals surface area contributed by atoms with E-state index < -0.39 is 23.7 Å². The Balaban J connectivity index is 1.70. The van der Waals surface area contributed by atoms with E-state index in [9.17, 15) is 22.8 Å². The summed E-state index contributed by atoms with van der Waals surface area (Å²) in [5, 5.41) is 11.1. The zero-order valence-corrected chi connectivity index (χ0v) is 15.9. The Kier molecular flexibility index (Phi) is 5.77. The van der Waals surface area contributed by atoms with Crippen molar-refractivity contribution in [3.8, 4) is 0 Å². The minimum Gasteiger partial charge on any atom is -0.361 e. The normalized spacial score (nSPS) is 11.1. The van der Waals surface area contributed by atoms with Crippen molar-refractivity contribution in [3.63, 3.8) is 0 Å². The Hall–Kier alpha value is -3.82. The highest BCUT2D eigenvalue weighted by Gasteiger charge is 2.30. The summed E-state index contributed by atoms with van der Waals surface area (Å²) in [6.07, 6.45) is -3.22. The number of halogens is 3. The van der Waals surface area contributed by atoms with Crippen molar-refractivity contribution in [1.29, 1.82) is 0 Å². The molecule has 2 aromatic carbocycles. The van der Waals surface area contributed by atoms with Gasteiger partial charge < -0.3 is 20.5 Å². The SMILES string of the molecule is Cc1ccc(NC(=O)Nc2cccc(C(F)(F)F)c2)cc1NC(=O)c1cnoc1C. The molecular formula is C20H17F3N4O3. The Morgan fingerprint density at radius 3 is 2.30 bits per heavy atom. The van der Waals surface area contributed by atoms with Crippen LogP contribution in [0.4, 0.5) is 35.0 Å². The van der Waals surface area contributed by atoms with E-state index in [1.807, 2.05) is 0 Å². The van der Waals surface area contributed by atoms with Gasteiger partial charge >= 0.3 is 12.2 Å². The molecule has 0 unspecified atom stereocenters. The van der Waals surface area contributed by atoms with Crippen LogP contribution in [0.3, 0.4) is 0 Å². The van der Waals surface area contributed by atoms with Gasteiger partial charge in [-0.15, -0.1) is 0 Å². The summed E-state index contributed by atoms with van der Waals surface area (Å²) < 4.78 is 43.2. The van der Waals surface area contributed by atoms with E-state index in [4.69, 9.17) is 4.52 Å². The molecule has 1 heterocycles. The molecule has 0 bridgehead atoms. The number of alkyl halides is 3. The average molecular weight is 418 g/mol. The third kappa shape index (κ3) is 4.96. The highest BCUT2D eigenvalue weighted by molar-refractivity contribution is 6.06. The van der Waals surface area contributed by atoms with E-state index in [0.717, 1.165) is 17.7 Å². The molecule has 10 heteroatoms. The average Bonchev–Trinajstić information content (AvgIpc) is 3.10. The van der Waals surface area contributed by atoms with E-state index in [2.05, 4.69) is 21.1 Å². The van der Waals surface area contributed by atoms with Gasteiger partial charge in [0, 0.05) is 17.1 Å². The maximum Gasteiger partial charge on any atom is 0.416 e. The zero-order valence-electron chi connectivity index (χ0n) is 15.9. The lowest BCUT2D eigenvalue weighted by atomic mass is 10.1. The molecule has 3 amide bonds. The second-order valence-electron chi connectivity index (χ2n) is 6.44. The lowest BCUT2D eigenvalue weighted by Gasteiger charge is -2.13. The van der Waals surface area contributed by atoms with Crippen LogP contribution in [0.1, 0.15) is 27.2 Å². The van der Waals surface area contributed by atoms with Gasteiger partial charge in [0.05, 0.1) is 11.8 Å². The topological polar surface area (TPSA) is 96.3 Å². The number of carbonyl (C=O) groups excluding carboxylic acids is 2. The monoisotopic (exact) mass is 418 g/mol. The van der Waals surface area contributed by atoms with Crippen LogP contribution in [-0.4, -0.2) is 17.1 Å². The molecule has 3 aromatic rings. The van der Waals surface area contributed by atoms with Crippen molar-refractivity contribution < 1.29 is 27.3 Å². The Bertz CT molecular complexity index is 1090. The third-order valence-electron chi connectivity index (χ3n) is 4.19. The van der Waals surface area contributed by atoms with Crippen molar-refractivity contribution in [1.82, 2.24) is 5.16 Å². The first-order chi connectivity index (χ1) is 14.1. The van der Waals surface area contributed by atoms with E-state index in [1.165, 1.54) is 24.4 Å². The second-order valence-corrected chi connectivity index (χ2v) is 6.44. The fourth-order valence-corrected chi connectivity index (χ4v) is 2.61. The van der Waals surface area contributed by atoms with E-state index in [0.29, 0.717) is 17.1 Å². The molecule has 30 heavy (non-hydrogen) atoms. The number of benzene rings is 2. The van der Waals surface area contributed by atoms with Gasteiger partial charge in [0.1, 0.15) is 11.3 Å². The molecule has 0 aliphatic carbocycles. The van der Waals surface area contributed by atoms with Gasteiger partial charge in [-0.3, -0.25) is 4.79 Å². The molecule has 7 nitrogen and oxygen atoms in total. The van der Waals surface area contributed by atoms with E-state index >= 15 is 0 Å². The van der Waals surface area contributed by atoms with Gasteiger partial charge in [0.15, 0.2) is 0 Å². The number of nitrogens with one attached hydrogen (secondary N) is 3. The predicted octanol–water partition coefficient (Wildman–Crippen LogP) is 5.21. The maximum absolute atomic E-state index is 12.8. The van der Waals surface area contributed by atoms with Crippen LogP contribution in [0.2, 0.25) is 0 Å². The quantitative estimate of drug-likeness (QED) is 0.542. The number of amides is 3. The number of rotatable bonds is 4. The van der Waals surface area contributed by atoms with Crippen LogP contribution >= 0.6 is 0 Å². The van der Waals surface area contributed by atoms with Crippen molar-refractivity contribution in [3.05, 3.63) is 71.1 Å². The number of aromatic nitrogens is 1. The van der Waals surface area contributed by atoms with Crippen LogP contribution in [0.15, 0.2) is 53.2 Å². The van der Waals surface area contributed by atoms with Crippen LogP contribution in [0, 0.1) is 13.8 Å². The number of carbonyl (C=O) groups is 2. The zero-order chi connectivity index (χ0) is 21.9. The van der Waals surface area contributed by atoms with Gasteiger partial charge in [-0.25, -0.2) is 4.79 Å². The molecule has 156 valence electrons. The van der Waals surface area contributed by atoms with Crippen LogP contribution in [0.5, 0.6) is 0 Å². The number of hydrogen-bond acceptors (Lipinski definition) is 4. The summed E-state index contributed by atoms with van der Waals surface area (Å²) in [6, 6.07) is 8.36. The smallest absolute Gasteiger partial charge is 0.361 e. The highest BCUT2D eigenvalue weighted by Crippen LogP contribution is 2.30. The summed E-state index contributed by atoms with van der Waals surface area (Å²) in [5.74, 6) is -0.0673. The summed E-state index contributed by atoms with van der Waals surface area (Å²) >= 11 is 0. The Morgan fingerprint density at radius 2 is 1.67 bits per heavy atom. The molecule has 0 aliphatic rings. The van der Waals surface area contributed by atoms with Gasteiger partial charge in [-0.05, 0) is 49.7 Å². The molecule has 0 atom stereocenters. The number of anilines is 3. The number of nitrogens with zero attached hydrogens (tertiary/aromatic N) is 1. The second kappa shape index (κ2) is 8.27. The lowest BCUT2D eigenvalue weighted by Crippen LogP contribution is -2.20. The molecule has 1 aromatic heterocycles. The summed E-state index contributed by atoms with van der Waals surface area (Å²) in [4.78, 5) is 24.5. The van der Waals surface area contributed by atoms with E-state index in [1.54, 1.807) is 26.0 Å². The van der Waals surface area contributed by atoms with Crippen molar-refractivity contribution >= 4 is 29.0 Å². The predicted molar refractivity (Wildman–Crippen MR) is 104 cm³/mol. The van der Waals surface area contributed by atoms with E-state index in [-0.39, 0.29) is 11.3 Å². The number of hydrogen-bond donors (Lipinski definition) is 3. The largest absolute Gasteiger partial charge is 0.416 e. The third-order valence-corrected chi connectivity index (χ3v) is 4.19. The fourth-order valence-electron chi connectivity index (χ4n) is 2.61. The van der Waals surface area contributed by atoms with Crippen LogP contribution < -0.4 is 16.0 Å². The van der Waals surface area contributed by atoms with Crippen molar-refractivity contribution in [2.24, 2.45) is 0 Å². The molecule has 0 radical (unpaired) electrons. The molecule has 0 saturated carbocycles. The van der Waals surface area contributed by atoms with Gasteiger partial charge in [0.2, 0.25) is 0 Å². The molecular weight excluding hydrogens is 401 g/mol. The van der Waals surface area contributed by atoms with Crippen LogP contribution in [0.25, 0.3) is 0 Å². The molecule has 3 rings (SSSR count). The minimum absolute atomic E-state index is 0.00843. The summed E-state index contributed by atoms with van der Waals surface area (Å²) in [6.45, 7) is 3.37. The van der Waals surface area contributed by atoms with Gasteiger partial charge in [0.25, 0.3) is 5.91 Å². The number of aryl methyl sites for hydroxylation is 2. The molecule has 0 saturated heterocycles. The first-order valence-corrected chi connectivity index (χ1v) is 8.72. The van der Waals surface area contributed by atoms with Crippen molar-refractivity contribution in [2.75, 3.05) is 16.0 Å². The summed E-state index contributed by atoms with van der Waals surface area (Å²) in [7, 11) is 0. The van der Waals surface area contributed by atoms with Crippen molar-refractivity contribution in [2.45, 2.75) is 20.0 Å². The number of urea groups is 1. The maximum atomic E-state index is 12.8. The summed E-state index contributed by atoms with van der Waals surface area (Å²) in [5.41, 5.74) is 0.909.